The van der Waals surface area contributed by atoms with Crippen molar-refractivity contribution in [3.05, 3.63) is 22.6 Å². The molecule has 0 unspecified atom stereocenters. The molecule has 3 aromatic rings. The van der Waals surface area contributed by atoms with E-state index in [9.17, 15) is 4.79 Å². The highest BCUT2D eigenvalue weighted by atomic mass is 35.5. The van der Waals surface area contributed by atoms with E-state index in [1.54, 1.807) is 4.40 Å². The zero-order valence-electron chi connectivity index (χ0n) is 12.4. The number of pyridine rings is 1. The summed E-state index contributed by atoms with van der Waals surface area (Å²) in [5.74, 6) is 0.600. The van der Waals surface area contributed by atoms with E-state index in [1.807, 2.05) is 4.90 Å². The molecule has 0 atom stereocenters. The Bertz CT molecular complexity index is 954. The number of nitrogens with one attached hydrogen (secondary N) is 1. The minimum absolute atomic E-state index is 0.202. The van der Waals surface area contributed by atoms with Crippen LogP contribution in [0.1, 0.15) is 0 Å². The minimum atomic E-state index is -0.457. The molecular weight excluding hydrogens is 357 g/mol. The van der Waals surface area contributed by atoms with Gasteiger partial charge < -0.3 is 15.0 Å². The van der Waals surface area contributed by atoms with Crippen molar-refractivity contribution in [2.45, 2.75) is 6.10 Å². The number of carbonyl (C=O) groups is 1. The maximum atomic E-state index is 11.2. The van der Waals surface area contributed by atoms with Crippen molar-refractivity contribution >= 4 is 51.9 Å². The summed E-state index contributed by atoms with van der Waals surface area (Å²) < 4.78 is 6.89. The number of ether oxygens (including phenoxy) is 1. The summed E-state index contributed by atoms with van der Waals surface area (Å²) >= 11 is 12.3. The van der Waals surface area contributed by atoms with E-state index < -0.39 is 6.09 Å². The van der Waals surface area contributed by atoms with Gasteiger partial charge in [0.25, 0.3) is 0 Å². The minimum Gasteiger partial charge on any atom is -0.442 e. The molecule has 11 heteroatoms. The first-order chi connectivity index (χ1) is 11.6. The second kappa shape index (κ2) is 5.60. The molecule has 0 spiro atoms. The molecule has 0 saturated carbocycles. The van der Waals surface area contributed by atoms with Gasteiger partial charge in [0.2, 0.25) is 5.65 Å². The van der Waals surface area contributed by atoms with Gasteiger partial charge in [-0.1, -0.05) is 23.2 Å². The zero-order valence-corrected chi connectivity index (χ0v) is 13.9. The Balaban J connectivity index is 1.73. The molecule has 0 aromatic carbocycles. The lowest BCUT2D eigenvalue weighted by molar-refractivity contribution is 0.0824. The molecule has 3 aromatic heterocycles. The number of hydrogen-bond donors (Lipinski definition) is 1. The monoisotopic (exact) mass is 367 g/mol. The number of aromatic nitrogens is 5. The van der Waals surface area contributed by atoms with Crippen LogP contribution in [-0.4, -0.2) is 56.9 Å². The predicted octanol–water partition coefficient (Wildman–Crippen LogP) is 1.52. The smallest absolute Gasteiger partial charge is 0.407 e. The topological polar surface area (TPSA) is 97.5 Å². The Kier molecular flexibility index (Phi) is 3.54. The fourth-order valence-electron chi connectivity index (χ4n) is 2.55. The van der Waals surface area contributed by atoms with E-state index in [4.69, 9.17) is 27.9 Å². The molecule has 1 aliphatic rings. The molecule has 0 radical (unpaired) electrons. The summed E-state index contributed by atoms with van der Waals surface area (Å²) in [6, 6.07) is 0. The standard InChI is InChI=1S/C13H11Cl2N7O2/c1-16-13(23)24-6-3-21(4-6)11-12-20-18-5-22(12)9-8(15)7(14)2-17-10(9)19-11/h2,5-6H,3-4H2,1H3,(H,16,23). The highest BCUT2D eigenvalue weighted by Crippen LogP contribution is 2.32. The summed E-state index contributed by atoms with van der Waals surface area (Å²) in [4.78, 5) is 21.9. The summed E-state index contributed by atoms with van der Waals surface area (Å²) in [5, 5.41) is 11.1. The van der Waals surface area contributed by atoms with Crippen molar-refractivity contribution in [2.24, 2.45) is 0 Å². The van der Waals surface area contributed by atoms with Crippen molar-refractivity contribution in [1.29, 1.82) is 0 Å². The highest BCUT2D eigenvalue weighted by molar-refractivity contribution is 6.44. The fraction of sp³-hybridized carbons (Fsp3) is 0.308. The lowest BCUT2D eigenvalue weighted by Gasteiger charge is -2.38. The van der Waals surface area contributed by atoms with Crippen molar-refractivity contribution in [3.8, 4) is 0 Å². The number of halogens is 2. The summed E-state index contributed by atoms with van der Waals surface area (Å²) in [5.41, 5.74) is 1.51. The molecule has 1 fully saturated rings. The van der Waals surface area contributed by atoms with Crippen LogP contribution in [0.4, 0.5) is 10.6 Å². The quantitative estimate of drug-likeness (QED) is 0.733. The lowest BCUT2D eigenvalue weighted by Crippen LogP contribution is -2.54. The molecule has 1 N–H and O–H groups in total. The van der Waals surface area contributed by atoms with Gasteiger partial charge in [0.1, 0.15) is 17.9 Å². The van der Waals surface area contributed by atoms with Crippen LogP contribution in [0.25, 0.3) is 16.8 Å². The molecule has 4 heterocycles. The fourth-order valence-corrected chi connectivity index (χ4v) is 2.91. The number of carbonyl (C=O) groups excluding carboxylic acids is 1. The Morgan fingerprint density at radius 3 is 2.96 bits per heavy atom. The van der Waals surface area contributed by atoms with E-state index in [1.165, 1.54) is 19.6 Å². The molecule has 9 nitrogen and oxygen atoms in total. The van der Waals surface area contributed by atoms with Gasteiger partial charge in [-0.15, -0.1) is 10.2 Å². The average molecular weight is 368 g/mol. The van der Waals surface area contributed by atoms with Gasteiger partial charge in [-0.3, -0.25) is 4.40 Å². The molecule has 1 saturated heterocycles. The van der Waals surface area contributed by atoms with Crippen LogP contribution in [-0.2, 0) is 4.74 Å². The zero-order chi connectivity index (χ0) is 16.8. The van der Waals surface area contributed by atoms with Crippen LogP contribution in [0.3, 0.4) is 0 Å². The number of nitrogens with zero attached hydrogens (tertiary/aromatic N) is 6. The van der Waals surface area contributed by atoms with E-state index >= 15 is 0 Å². The van der Waals surface area contributed by atoms with E-state index in [2.05, 4.69) is 25.5 Å². The SMILES string of the molecule is CNC(=O)OC1CN(c2nc3ncc(Cl)c(Cl)c3n3cnnc23)C1. The predicted molar refractivity (Wildman–Crippen MR) is 87.6 cm³/mol. The number of anilines is 1. The average Bonchev–Trinajstić information content (AvgIpc) is 3.02. The van der Waals surface area contributed by atoms with Crippen molar-refractivity contribution in [1.82, 2.24) is 29.9 Å². The summed E-state index contributed by atoms with van der Waals surface area (Å²) in [6.07, 6.45) is 2.33. The second-order valence-electron chi connectivity index (χ2n) is 5.23. The Hall–Kier alpha value is -2.39. The number of alkyl carbamates (subject to hydrolysis) is 1. The third-order valence-electron chi connectivity index (χ3n) is 3.76. The molecule has 1 aliphatic heterocycles. The molecule has 0 bridgehead atoms. The lowest BCUT2D eigenvalue weighted by atomic mass is 10.1. The second-order valence-corrected chi connectivity index (χ2v) is 6.02. The van der Waals surface area contributed by atoms with Crippen molar-refractivity contribution < 1.29 is 9.53 Å². The molecule has 124 valence electrons. The number of amides is 1. The van der Waals surface area contributed by atoms with Gasteiger partial charge in [-0.25, -0.2) is 14.8 Å². The van der Waals surface area contributed by atoms with Crippen molar-refractivity contribution in [2.75, 3.05) is 25.0 Å². The van der Waals surface area contributed by atoms with Crippen LogP contribution in [0.5, 0.6) is 0 Å². The Morgan fingerprint density at radius 2 is 2.21 bits per heavy atom. The van der Waals surface area contributed by atoms with Gasteiger partial charge in [0.05, 0.1) is 23.1 Å². The first-order valence-corrected chi connectivity index (χ1v) is 7.81. The summed E-state index contributed by atoms with van der Waals surface area (Å²) in [7, 11) is 1.52. The van der Waals surface area contributed by atoms with Crippen LogP contribution in [0.2, 0.25) is 10.0 Å². The molecule has 0 aliphatic carbocycles. The van der Waals surface area contributed by atoms with E-state index in [0.29, 0.717) is 45.8 Å². The third-order valence-corrected chi connectivity index (χ3v) is 4.52. The first kappa shape index (κ1) is 15.2. The Labute approximate surface area is 145 Å². The van der Waals surface area contributed by atoms with Gasteiger partial charge >= 0.3 is 6.09 Å². The Morgan fingerprint density at radius 1 is 1.42 bits per heavy atom. The van der Waals surface area contributed by atoms with Gasteiger partial charge in [0.15, 0.2) is 11.5 Å². The molecule has 24 heavy (non-hydrogen) atoms. The largest absolute Gasteiger partial charge is 0.442 e. The number of hydrogen-bond acceptors (Lipinski definition) is 7. The van der Waals surface area contributed by atoms with Crippen molar-refractivity contribution in [3.63, 3.8) is 0 Å². The first-order valence-electron chi connectivity index (χ1n) is 7.05. The number of rotatable bonds is 2. The van der Waals surface area contributed by atoms with Crippen LogP contribution in [0, 0.1) is 0 Å². The van der Waals surface area contributed by atoms with Crippen LogP contribution in [0.15, 0.2) is 12.5 Å². The van der Waals surface area contributed by atoms with Crippen LogP contribution >= 0.6 is 23.2 Å². The van der Waals surface area contributed by atoms with Gasteiger partial charge in [-0.05, 0) is 0 Å². The third kappa shape index (κ3) is 2.28. The molecule has 1 amide bonds. The highest BCUT2D eigenvalue weighted by Gasteiger charge is 2.33. The van der Waals surface area contributed by atoms with E-state index in [-0.39, 0.29) is 6.10 Å². The maximum absolute atomic E-state index is 11.2. The maximum Gasteiger partial charge on any atom is 0.407 e. The normalized spacial score (nSPS) is 14.9. The summed E-state index contributed by atoms with van der Waals surface area (Å²) in [6.45, 7) is 1.02. The van der Waals surface area contributed by atoms with E-state index in [0.717, 1.165) is 0 Å². The number of fused-ring (bicyclic) bond motifs is 3. The molecular formula is C13H11Cl2N7O2. The molecule has 4 rings (SSSR count). The van der Waals surface area contributed by atoms with Gasteiger partial charge in [0, 0.05) is 13.2 Å². The van der Waals surface area contributed by atoms with Gasteiger partial charge in [-0.2, -0.15) is 0 Å². The van der Waals surface area contributed by atoms with Crippen LogP contribution < -0.4 is 10.2 Å².